The van der Waals surface area contributed by atoms with Gasteiger partial charge in [0.25, 0.3) is 0 Å². The maximum Gasteiger partial charge on any atom is 0.349 e. The Bertz CT molecular complexity index is 750. The minimum absolute atomic E-state index is 0.0365. The molecule has 0 atom stereocenters. The van der Waals surface area contributed by atoms with Crippen molar-refractivity contribution in [2.45, 2.75) is 52.4 Å². The second-order valence-corrected chi connectivity index (χ2v) is 6.93. The first-order valence-corrected chi connectivity index (χ1v) is 10.3. The molecule has 0 aromatic heterocycles. The molecule has 0 fully saturated rings. The Morgan fingerprint density at radius 3 is 1.90 bits per heavy atom. The van der Waals surface area contributed by atoms with Gasteiger partial charge in [0.05, 0.1) is 6.61 Å². The van der Waals surface area contributed by atoms with Gasteiger partial charge in [-0.3, -0.25) is 4.79 Å². The van der Waals surface area contributed by atoms with Crippen molar-refractivity contribution in [1.82, 2.24) is 0 Å². The van der Waals surface area contributed by atoms with Gasteiger partial charge in [0, 0.05) is 5.56 Å². The molecule has 156 valence electrons. The highest BCUT2D eigenvalue weighted by molar-refractivity contribution is 5.94. The fourth-order valence-electron chi connectivity index (χ4n) is 2.77. The van der Waals surface area contributed by atoms with Crippen molar-refractivity contribution in [1.29, 1.82) is 0 Å². The van der Waals surface area contributed by atoms with E-state index in [1.54, 1.807) is 36.4 Å². The first-order chi connectivity index (χ1) is 14.1. The summed E-state index contributed by atoms with van der Waals surface area (Å²) < 4.78 is 16.4. The highest BCUT2D eigenvalue weighted by Crippen LogP contribution is 2.18. The lowest BCUT2D eigenvalue weighted by Crippen LogP contribution is -2.17. The van der Waals surface area contributed by atoms with E-state index in [0.717, 1.165) is 12.2 Å². The van der Waals surface area contributed by atoms with Crippen molar-refractivity contribution >= 4 is 11.8 Å². The highest BCUT2D eigenvalue weighted by atomic mass is 16.6. The fourth-order valence-corrected chi connectivity index (χ4v) is 2.77. The van der Waals surface area contributed by atoms with E-state index < -0.39 is 5.97 Å². The average Bonchev–Trinajstić information content (AvgIpc) is 2.73. The second-order valence-electron chi connectivity index (χ2n) is 6.93. The van der Waals surface area contributed by atoms with E-state index in [2.05, 4.69) is 6.92 Å². The molecule has 0 bridgehead atoms. The van der Waals surface area contributed by atoms with Crippen LogP contribution in [-0.4, -0.2) is 25.0 Å². The van der Waals surface area contributed by atoms with Crippen LogP contribution in [0.2, 0.25) is 0 Å². The van der Waals surface area contributed by atoms with Crippen LogP contribution in [0.25, 0.3) is 0 Å². The van der Waals surface area contributed by atoms with Crippen molar-refractivity contribution in [3.8, 4) is 17.2 Å². The molecule has 0 unspecified atom stereocenters. The third-order valence-electron chi connectivity index (χ3n) is 4.44. The molecule has 0 radical (unpaired) electrons. The average molecular weight is 398 g/mol. The maximum absolute atomic E-state index is 11.9. The molecule has 2 aromatic carbocycles. The molecule has 0 heterocycles. The number of hydrogen-bond donors (Lipinski definition) is 0. The van der Waals surface area contributed by atoms with Crippen LogP contribution in [-0.2, 0) is 4.79 Å². The predicted molar refractivity (Wildman–Crippen MR) is 113 cm³/mol. The summed E-state index contributed by atoms with van der Waals surface area (Å²) in [7, 11) is 0. The number of carbonyl (C=O) groups is 2. The van der Waals surface area contributed by atoms with Crippen LogP contribution in [0.15, 0.2) is 48.5 Å². The van der Waals surface area contributed by atoms with Gasteiger partial charge >= 0.3 is 5.97 Å². The van der Waals surface area contributed by atoms with Gasteiger partial charge in [-0.25, -0.2) is 4.79 Å². The van der Waals surface area contributed by atoms with Crippen LogP contribution < -0.4 is 14.2 Å². The molecule has 0 amide bonds. The maximum atomic E-state index is 11.9. The highest BCUT2D eigenvalue weighted by Gasteiger charge is 2.07. The van der Waals surface area contributed by atoms with Crippen LogP contribution in [0, 0.1) is 0 Å². The summed E-state index contributed by atoms with van der Waals surface area (Å²) in [5.74, 6) is 1.19. The number of hydrogen-bond acceptors (Lipinski definition) is 5. The molecule has 0 aliphatic carbocycles. The fraction of sp³-hybridized carbons (Fsp3) is 0.417. The number of ketones is 1. The van der Waals surface area contributed by atoms with Crippen LogP contribution in [0.4, 0.5) is 0 Å². The van der Waals surface area contributed by atoms with Gasteiger partial charge in [0.2, 0.25) is 0 Å². The summed E-state index contributed by atoms with van der Waals surface area (Å²) in [5.41, 5.74) is 0.569. The zero-order valence-corrected chi connectivity index (χ0v) is 17.3. The van der Waals surface area contributed by atoms with E-state index in [1.807, 2.05) is 12.1 Å². The molecule has 5 nitrogen and oxygen atoms in total. The third-order valence-corrected chi connectivity index (χ3v) is 4.44. The molecule has 2 aromatic rings. The van der Waals surface area contributed by atoms with Crippen molar-refractivity contribution in [3.63, 3.8) is 0 Å². The van der Waals surface area contributed by atoms with Crippen LogP contribution in [0.3, 0.4) is 0 Å². The number of esters is 1. The Morgan fingerprint density at radius 2 is 1.28 bits per heavy atom. The summed E-state index contributed by atoms with van der Waals surface area (Å²) in [6, 6.07) is 13.6. The smallest absolute Gasteiger partial charge is 0.349 e. The summed E-state index contributed by atoms with van der Waals surface area (Å²) in [4.78, 5) is 23.1. The topological polar surface area (TPSA) is 61.8 Å². The minimum atomic E-state index is -0.510. The molecule has 29 heavy (non-hydrogen) atoms. The summed E-state index contributed by atoms with van der Waals surface area (Å²) in [6.45, 7) is 4.21. The second kappa shape index (κ2) is 12.6. The molecular formula is C24H30O5. The summed E-state index contributed by atoms with van der Waals surface area (Å²) >= 11 is 0. The monoisotopic (exact) mass is 398 g/mol. The third kappa shape index (κ3) is 8.81. The van der Waals surface area contributed by atoms with Gasteiger partial charge in [-0.2, -0.15) is 0 Å². The minimum Gasteiger partial charge on any atom is -0.494 e. The lowest BCUT2D eigenvalue weighted by Gasteiger charge is -2.09. The van der Waals surface area contributed by atoms with E-state index in [4.69, 9.17) is 14.2 Å². The van der Waals surface area contributed by atoms with Crippen LogP contribution in [0.1, 0.15) is 62.7 Å². The van der Waals surface area contributed by atoms with Crippen LogP contribution in [0.5, 0.6) is 17.2 Å². The van der Waals surface area contributed by atoms with Crippen molar-refractivity contribution in [2.24, 2.45) is 0 Å². The first-order valence-electron chi connectivity index (χ1n) is 10.3. The van der Waals surface area contributed by atoms with Gasteiger partial charge in [-0.15, -0.1) is 0 Å². The Balaban J connectivity index is 1.66. The molecule has 5 heteroatoms. The molecule has 0 saturated carbocycles. The zero-order chi connectivity index (χ0) is 20.9. The lowest BCUT2D eigenvalue weighted by atomic mass is 10.1. The van der Waals surface area contributed by atoms with Gasteiger partial charge in [0.1, 0.15) is 17.2 Å². The van der Waals surface area contributed by atoms with Gasteiger partial charge in [-0.1, -0.05) is 39.0 Å². The van der Waals surface area contributed by atoms with Gasteiger partial charge in [0.15, 0.2) is 12.4 Å². The lowest BCUT2D eigenvalue weighted by molar-refractivity contribution is -0.136. The molecule has 2 rings (SSSR count). The van der Waals surface area contributed by atoms with Crippen molar-refractivity contribution < 1.29 is 23.8 Å². The standard InChI is InChI=1S/C24H30O5/c1-3-4-5-6-7-8-17-27-21-13-15-22(16-14-21)28-18-24(26)29-23-11-9-20(10-12-23)19(2)25/h9-16H,3-8,17-18H2,1-2H3. The number of rotatable bonds is 13. The molecule has 0 N–H and O–H groups in total. The quantitative estimate of drug-likeness (QED) is 0.190. The van der Waals surface area contributed by atoms with E-state index in [0.29, 0.717) is 23.7 Å². The van der Waals surface area contributed by atoms with Crippen molar-refractivity contribution in [2.75, 3.05) is 13.2 Å². The largest absolute Gasteiger partial charge is 0.494 e. The number of ether oxygens (including phenoxy) is 3. The predicted octanol–water partition coefficient (Wildman–Crippen LogP) is 5.61. The van der Waals surface area contributed by atoms with E-state index in [1.165, 1.54) is 39.0 Å². The Kier molecular flexibility index (Phi) is 9.76. The summed E-state index contributed by atoms with van der Waals surface area (Å²) in [5, 5.41) is 0. The Morgan fingerprint density at radius 1 is 0.724 bits per heavy atom. The number of Topliss-reactive ketones (excluding diaryl/α,β-unsaturated/α-hetero) is 1. The molecule has 0 saturated heterocycles. The summed E-state index contributed by atoms with van der Waals surface area (Å²) in [6.07, 6.45) is 7.39. The van der Waals surface area contributed by atoms with Crippen molar-refractivity contribution in [3.05, 3.63) is 54.1 Å². The van der Waals surface area contributed by atoms with Gasteiger partial charge < -0.3 is 14.2 Å². The number of carbonyl (C=O) groups excluding carboxylic acids is 2. The van der Waals surface area contributed by atoms with E-state index in [9.17, 15) is 9.59 Å². The van der Waals surface area contributed by atoms with E-state index >= 15 is 0 Å². The number of benzene rings is 2. The molecule has 0 spiro atoms. The Labute approximate surface area is 173 Å². The molecular weight excluding hydrogens is 368 g/mol. The SMILES string of the molecule is CCCCCCCCOc1ccc(OCC(=O)Oc2ccc(C(C)=O)cc2)cc1. The number of unbranched alkanes of at least 4 members (excludes halogenated alkanes) is 5. The first kappa shape index (κ1) is 22.5. The normalized spacial score (nSPS) is 10.4. The molecule has 0 aliphatic rings. The van der Waals surface area contributed by atoms with Crippen LogP contribution >= 0.6 is 0 Å². The zero-order valence-electron chi connectivity index (χ0n) is 17.3. The molecule has 0 aliphatic heterocycles. The van der Waals surface area contributed by atoms with Gasteiger partial charge in [-0.05, 0) is 61.9 Å². The van der Waals surface area contributed by atoms with E-state index in [-0.39, 0.29) is 12.4 Å². The Hall–Kier alpha value is -2.82.